The molecule has 0 fully saturated rings. The molecule has 0 saturated heterocycles. The van der Waals surface area contributed by atoms with E-state index in [1.807, 2.05) is 11.8 Å². The summed E-state index contributed by atoms with van der Waals surface area (Å²) in [6, 6.07) is 2.19. The van der Waals surface area contributed by atoms with Crippen LogP contribution in [0, 0.1) is 6.92 Å². The maximum atomic E-state index is 9.99. The van der Waals surface area contributed by atoms with Gasteiger partial charge in [0.2, 0.25) is 0 Å². The summed E-state index contributed by atoms with van der Waals surface area (Å²) >= 11 is 1.92. The van der Waals surface area contributed by atoms with E-state index in [2.05, 4.69) is 23.8 Å². The average Bonchev–Trinajstić information content (AvgIpc) is 2.63. The lowest BCUT2D eigenvalue weighted by atomic mass is 9.95. The third kappa shape index (κ3) is 2.89. The van der Waals surface area contributed by atoms with Gasteiger partial charge in [0.05, 0.1) is 6.10 Å². The number of aliphatic hydroxyl groups is 1. The first kappa shape index (κ1) is 13.0. The topological polar surface area (TPSA) is 25.2 Å². The Morgan fingerprint density at radius 3 is 3.06 bits per heavy atom. The number of thioether (sulfide) groups is 1. The summed E-state index contributed by atoms with van der Waals surface area (Å²) in [6.07, 6.45) is 7.69. The summed E-state index contributed by atoms with van der Waals surface area (Å²) in [5.74, 6) is 1.26. The minimum absolute atomic E-state index is 0.218. The first-order valence-electron chi connectivity index (χ1n) is 6.60. The van der Waals surface area contributed by atoms with Gasteiger partial charge in [-0.25, -0.2) is 0 Å². The van der Waals surface area contributed by atoms with Crippen LogP contribution >= 0.6 is 11.8 Å². The van der Waals surface area contributed by atoms with Gasteiger partial charge in [-0.1, -0.05) is 0 Å². The molecule has 3 heteroatoms. The molecule has 0 bridgehead atoms. The molecular formula is C14H23NOS. The van der Waals surface area contributed by atoms with Crippen molar-refractivity contribution < 1.29 is 5.11 Å². The minimum atomic E-state index is -0.218. The third-order valence-electron chi connectivity index (χ3n) is 3.68. The normalized spacial score (nSPS) is 19.4. The molecule has 2 nitrogen and oxygen atoms in total. The van der Waals surface area contributed by atoms with Crippen molar-refractivity contribution in [3.63, 3.8) is 0 Å². The van der Waals surface area contributed by atoms with Crippen LogP contribution in [0.3, 0.4) is 0 Å². The molecule has 17 heavy (non-hydrogen) atoms. The number of hydrogen-bond acceptors (Lipinski definition) is 2. The van der Waals surface area contributed by atoms with Crippen molar-refractivity contribution in [2.45, 2.75) is 51.7 Å². The largest absolute Gasteiger partial charge is 0.388 e. The van der Waals surface area contributed by atoms with E-state index < -0.39 is 0 Å². The number of aliphatic hydroxyl groups excluding tert-OH is 1. The van der Waals surface area contributed by atoms with Crippen molar-refractivity contribution in [1.82, 2.24) is 4.57 Å². The van der Waals surface area contributed by atoms with Crippen molar-refractivity contribution in [2.75, 3.05) is 12.0 Å². The van der Waals surface area contributed by atoms with Crippen LogP contribution < -0.4 is 0 Å². The predicted octanol–water partition coefficient (Wildman–Crippen LogP) is 3.31. The highest BCUT2D eigenvalue weighted by atomic mass is 32.2. The van der Waals surface area contributed by atoms with Crippen molar-refractivity contribution in [3.8, 4) is 0 Å². The molecule has 1 atom stereocenters. The van der Waals surface area contributed by atoms with Gasteiger partial charge in [0.25, 0.3) is 0 Å². The molecule has 2 rings (SSSR count). The van der Waals surface area contributed by atoms with Gasteiger partial charge in [0, 0.05) is 23.5 Å². The Morgan fingerprint density at radius 2 is 2.29 bits per heavy atom. The SMILES string of the molecule is CSCCCCn1c(C)cc2c1CCCC2O. The summed E-state index contributed by atoms with van der Waals surface area (Å²) in [7, 11) is 0. The van der Waals surface area contributed by atoms with Crippen LogP contribution in [0.1, 0.15) is 48.7 Å². The number of hydrogen-bond donors (Lipinski definition) is 1. The van der Waals surface area contributed by atoms with Gasteiger partial charge < -0.3 is 9.67 Å². The van der Waals surface area contributed by atoms with Crippen molar-refractivity contribution >= 4 is 11.8 Å². The van der Waals surface area contributed by atoms with Crippen LogP contribution in [-0.4, -0.2) is 21.7 Å². The molecule has 1 unspecified atom stereocenters. The Bertz CT molecular complexity index is 373. The summed E-state index contributed by atoms with van der Waals surface area (Å²) < 4.78 is 2.43. The third-order valence-corrected chi connectivity index (χ3v) is 4.38. The number of aryl methyl sites for hydroxylation is 1. The summed E-state index contributed by atoms with van der Waals surface area (Å²) in [6.45, 7) is 3.29. The molecule has 1 aromatic rings. The van der Waals surface area contributed by atoms with Crippen LogP contribution in [0.4, 0.5) is 0 Å². The summed E-state index contributed by atoms with van der Waals surface area (Å²) in [5.41, 5.74) is 3.91. The van der Waals surface area contributed by atoms with Gasteiger partial charge in [0.15, 0.2) is 0 Å². The molecule has 1 aliphatic carbocycles. The molecule has 96 valence electrons. The van der Waals surface area contributed by atoms with E-state index in [4.69, 9.17) is 0 Å². The fraction of sp³-hybridized carbons (Fsp3) is 0.714. The molecule has 1 heterocycles. The molecule has 0 radical (unpaired) electrons. The molecule has 0 aromatic carbocycles. The fourth-order valence-electron chi connectivity index (χ4n) is 2.77. The minimum Gasteiger partial charge on any atom is -0.388 e. The molecule has 0 amide bonds. The summed E-state index contributed by atoms with van der Waals surface area (Å²) in [5, 5.41) is 9.99. The van der Waals surface area contributed by atoms with Crippen molar-refractivity contribution in [3.05, 3.63) is 23.0 Å². The maximum Gasteiger partial charge on any atom is 0.0807 e. The summed E-state index contributed by atoms with van der Waals surface area (Å²) in [4.78, 5) is 0. The van der Waals surface area contributed by atoms with Crippen LogP contribution in [0.2, 0.25) is 0 Å². The van der Waals surface area contributed by atoms with Crippen LogP contribution in [0.15, 0.2) is 6.07 Å². The fourth-order valence-corrected chi connectivity index (χ4v) is 3.26. The van der Waals surface area contributed by atoms with Crippen molar-refractivity contribution in [1.29, 1.82) is 0 Å². The molecule has 0 spiro atoms. The Kier molecular flexibility index (Phi) is 4.57. The lowest BCUT2D eigenvalue weighted by Crippen LogP contribution is -2.12. The van der Waals surface area contributed by atoms with Gasteiger partial charge in [-0.05, 0) is 57.1 Å². The number of fused-ring (bicyclic) bond motifs is 1. The van der Waals surface area contributed by atoms with Crippen molar-refractivity contribution in [2.24, 2.45) is 0 Å². The van der Waals surface area contributed by atoms with E-state index in [-0.39, 0.29) is 6.10 Å². The van der Waals surface area contributed by atoms with E-state index in [1.165, 1.54) is 35.5 Å². The molecule has 1 N–H and O–H groups in total. The van der Waals surface area contributed by atoms with E-state index in [0.717, 1.165) is 25.8 Å². The van der Waals surface area contributed by atoms with E-state index in [9.17, 15) is 5.11 Å². The predicted molar refractivity (Wildman–Crippen MR) is 74.7 cm³/mol. The van der Waals surface area contributed by atoms with Crippen LogP contribution in [0.25, 0.3) is 0 Å². The Balaban J connectivity index is 2.06. The first-order valence-corrected chi connectivity index (χ1v) is 7.99. The van der Waals surface area contributed by atoms with E-state index in [0.29, 0.717) is 0 Å². The standard InChI is InChI=1S/C14H23NOS/c1-11-10-12-13(6-5-7-14(12)16)15(11)8-3-4-9-17-2/h10,14,16H,3-9H2,1-2H3. The number of unbranched alkanes of at least 4 members (excludes halogenated alkanes) is 1. The second-order valence-corrected chi connectivity index (χ2v) is 5.93. The smallest absolute Gasteiger partial charge is 0.0807 e. The Morgan fingerprint density at radius 1 is 1.47 bits per heavy atom. The lowest BCUT2D eigenvalue weighted by Gasteiger charge is -2.20. The van der Waals surface area contributed by atoms with Crippen LogP contribution in [0.5, 0.6) is 0 Å². The monoisotopic (exact) mass is 253 g/mol. The average molecular weight is 253 g/mol. The Labute approximate surface area is 108 Å². The van der Waals surface area contributed by atoms with Crippen LogP contribution in [-0.2, 0) is 13.0 Å². The first-order chi connectivity index (χ1) is 8.24. The zero-order valence-corrected chi connectivity index (χ0v) is 11.7. The lowest BCUT2D eigenvalue weighted by molar-refractivity contribution is 0.155. The number of nitrogens with zero attached hydrogens (tertiary/aromatic N) is 1. The Hall–Kier alpha value is -0.410. The molecule has 1 aliphatic rings. The van der Waals surface area contributed by atoms with E-state index >= 15 is 0 Å². The second kappa shape index (κ2) is 5.96. The zero-order chi connectivity index (χ0) is 12.3. The van der Waals surface area contributed by atoms with Gasteiger partial charge in [-0.3, -0.25) is 0 Å². The highest BCUT2D eigenvalue weighted by molar-refractivity contribution is 7.98. The maximum absolute atomic E-state index is 9.99. The number of aromatic nitrogens is 1. The van der Waals surface area contributed by atoms with Gasteiger partial charge in [-0.15, -0.1) is 0 Å². The highest BCUT2D eigenvalue weighted by Gasteiger charge is 2.22. The quantitative estimate of drug-likeness (QED) is 0.814. The zero-order valence-electron chi connectivity index (χ0n) is 10.9. The molecule has 1 aromatic heterocycles. The number of rotatable bonds is 5. The second-order valence-electron chi connectivity index (χ2n) is 4.95. The van der Waals surface area contributed by atoms with E-state index in [1.54, 1.807) is 0 Å². The van der Waals surface area contributed by atoms with Gasteiger partial charge in [0.1, 0.15) is 0 Å². The molecule has 0 aliphatic heterocycles. The van der Waals surface area contributed by atoms with Gasteiger partial charge in [-0.2, -0.15) is 11.8 Å². The highest BCUT2D eigenvalue weighted by Crippen LogP contribution is 2.32. The molecular weight excluding hydrogens is 230 g/mol. The van der Waals surface area contributed by atoms with Gasteiger partial charge >= 0.3 is 0 Å². The molecule has 0 saturated carbocycles.